The van der Waals surface area contributed by atoms with E-state index < -0.39 is 73.2 Å². The highest BCUT2D eigenvalue weighted by Gasteiger charge is 2.54. The van der Waals surface area contributed by atoms with Crippen molar-refractivity contribution in [2.75, 3.05) is 52.6 Å². The monoisotopic (exact) mass is 869 g/mol. The first-order valence-electron chi connectivity index (χ1n) is 21.9. The van der Waals surface area contributed by atoms with Gasteiger partial charge in [0, 0.05) is 76.8 Å². The molecule has 0 radical (unpaired) electrons. The lowest BCUT2D eigenvalue weighted by Crippen LogP contribution is -2.56. The van der Waals surface area contributed by atoms with Crippen LogP contribution < -0.4 is 0 Å². The quantitative estimate of drug-likeness (QED) is 0.125. The Morgan fingerprint density at radius 2 is 0.467 bits per heavy atom. The summed E-state index contributed by atoms with van der Waals surface area (Å²) in [6.07, 6.45) is -7.33. The fourth-order valence-corrected chi connectivity index (χ4v) is 11.6. The average molecular weight is 869 g/mol. The molecule has 8 saturated heterocycles. The van der Waals surface area contributed by atoms with Crippen LogP contribution in [0.1, 0.15) is 53.4 Å². The molecule has 8 aliphatic heterocycles. The van der Waals surface area contributed by atoms with Gasteiger partial charge in [0.25, 0.3) is 0 Å². The van der Waals surface area contributed by atoms with E-state index in [1.165, 1.54) is 0 Å². The maximum Gasteiger partial charge on any atom is 0.0991 e. The highest BCUT2D eigenvalue weighted by Crippen LogP contribution is 2.38. The van der Waals surface area contributed by atoms with Gasteiger partial charge in [0.15, 0.2) is 0 Å². The Labute approximate surface area is 352 Å². The van der Waals surface area contributed by atoms with Crippen molar-refractivity contribution in [3.63, 3.8) is 0 Å². The van der Waals surface area contributed by atoms with Crippen LogP contribution in [0.2, 0.25) is 0 Å². The van der Waals surface area contributed by atoms with E-state index in [4.69, 9.17) is 20.4 Å². The molecule has 8 fully saturated rings. The number of aliphatic hydroxyl groups is 16. The van der Waals surface area contributed by atoms with Crippen LogP contribution in [0.4, 0.5) is 0 Å². The van der Waals surface area contributed by atoms with E-state index in [0.717, 1.165) is 0 Å². The predicted molar refractivity (Wildman–Crippen MR) is 213 cm³/mol. The predicted octanol–water partition coefficient (Wildman–Crippen LogP) is -7.38. The number of rotatable bonds is 4. The van der Waals surface area contributed by atoms with Crippen LogP contribution in [0.15, 0.2) is 0 Å². The summed E-state index contributed by atoms with van der Waals surface area (Å²) in [7, 11) is 0. The Balaban J connectivity index is 0.000000152. The van der Waals surface area contributed by atoms with Crippen LogP contribution in [-0.4, -0.2) is 275 Å². The van der Waals surface area contributed by atoms with Crippen molar-refractivity contribution in [3.05, 3.63) is 0 Å². The van der Waals surface area contributed by atoms with Crippen molar-refractivity contribution in [1.82, 2.24) is 19.6 Å². The molecule has 8 unspecified atom stereocenters. The van der Waals surface area contributed by atoms with Gasteiger partial charge in [-0.1, -0.05) is 0 Å². The first-order chi connectivity index (χ1) is 28.2. The molecule has 24 atom stereocenters. The second-order valence-electron chi connectivity index (χ2n) is 18.9. The van der Waals surface area contributed by atoms with E-state index in [-0.39, 0.29) is 98.4 Å². The Hall–Kier alpha value is -0.800. The summed E-state index contributed by atoms with van der Waals surface area (Å²) in [5.74, 6) is 0.0880. The second kappa shape index (κ2) is 21.0. The van der Waals surface area contributed by atoms with E-state index in [0.29, 0.717) is 51.9 Å². The number of piperidine rings is 4. The Bertz CT molecular complexity index is 1140. The van der Waals surface area contributed by atoms with Gasteiger partial charge in [-0.25, -0.2) is 0 Å². The molecule has 0 spiro atoms. The SMILES string of the molecule is CC1C(CO)CC(O)[C@@H]2C(O)[C@@H](O)CN12.CC1C(CO)CC(O)[C@@H]2C(O)[C@@H](O)CN12.C[C@@H]1[C@H](CO)C[C@@H](O)[C@@H]2[C@H](O)[C@H](O)CN21.C[C@H]1[C@@H](CO)C[C@@H](O)[C@@H]2[C@H](O)[C@H](O)CN21. The molecule has 8 rings (SSSR count). The van der Waals surface area contributed by atoms with Gasteiger partial charge < -0.3 is 81.7 Å². The molecule has 60 heavy (non-hydrogen) atoms. The van der Waals surface area contributed by atoms with Gasteiger partial charge in [0.1, 0.15) is 0 Å². The molecule has 20 nitrogen and oxygen atoms in total. The molecular weight excluding hydrogens is 792 g/mol. The zero-order valence-corrected chi connectivity index (χ0v) is 35.3. The first kappa shape index (κ1) is 50.2. The Morgan fingerprint density at radius 3 is 0.617 bits per heavy atom. The van der Waals surface area contributed by atoms with Gasteiger partial charge in [0.2, 0.25) is 0 Å². The van der Waals surface area contributed by atoms with Crippen molar-refractivity contribution in [3.8, 4) is 0 Å². The summed E-state index contributed by atoms with van der Waals surface area (Å²) in [6.45, 7) is 9.49. The van der Waals surface area contributed by atoms with Crippen LogP contribution in [0.5, 0.6) is 0 Å². The molecule has 0 amide bonds. The number of hydrogen-bond donors (Lipinski definition) is 16. The third-order valence-corrected chi connectivity index (χ3v) is 15.6. The fourth-order valence-electron chi connectivity index (χ4n) is 11.6. The number of fused-ring (bicyclic) bond motifs is 4. The van der Waals surface area contributed by atoms with Gasteiger partial charge >= 0.3 is 0 Å². The summed E-state index contributed by atoms with van der Waals surface area (Å²) in [5.41, 5.74) is 0. The van der Waals surface area contributed by atoms with Crippen LogP contribution in [0.3, 0.4) is 0 Å². The summed E-state index contributed by atoms with van der Waals surface area (Å²) in [4.78, 5) is 7.63. The normalized spacial score (nSPS) is 51.8. The van der Waals surface area contributed by atoms with Gasteiger partial charge in [-0.05, 0) is 77.0 Å². The summed E-state index contributed by atoms with van der Waals surface area (Å²) < 4.78 is 0. The van der Waals surface area contributed by atoms with Gasteiger partial charge in [-0.3, -0.25) is 19.6 Å². The number of nitrogens with zero attached hydrogens (tertiary/aromatic N) is 4. The second-order valence-corrected chi connectivity index (χ2v) is 18.9. The molecule has 0 saturated carbocycles. The average Bonchev–Trinajstić information content (AvgIpc) is 3.91. The van der Waals surface area contributed by atoms with Crippen molar-refractivity contribution in [2.24, 2.45) is 23.7 Å². The molecule has 0 aromatic carbocycles. The number of hydrogen-bond acceptors (Lipinski definition) is 20. The Morgan fingerprint density at radius 1 is 0.300 bits per heavy atom. The van der Waals surface area contributed by atoms with Crippen LogP contribution in [0.25, 0.3) is 0 Å². The summed E-state index contributed by atoms with van der Waals surface area (Å²) >= 11 is 0. The molecule has 0 aromatic heterocycles. The van der Waals surface area contributed by atoms with Crippen LogP contribution in [-0.2, 0) is 0 Å². The van der Waals surface area contributed by atoms with E-state index in [2.05, 4.69) is 0 Å². The maximum atomic E-state index is 9.86. The molecule has 0 aliphatic carbocycles. The lowest BCUT2D eigenvalue weighted by atomic mass is 9.85. The third-order valence-electron chi connectivity index (χ3n) is 15.6. The lowest BCUT2D eigenvalue weighted by Gasteiger charge is -2.43. The molecular formula is C40H76N4O16. The van der Waals surface area contributed by atoms with E-state index in [9.17, 15) is 61.3 Å². The van der Waals surface area contributed by atoms with Gasteiger partial charge in [-0.2, -0.15) is 0 Å². The van der Waals surface area contributed by atoms with Gasteiger partial charge in [0.05, 0.1) is 97.4 Å². The highest BCUT2D eigenvalue weighted by molar-refractivity contribution is 5.07. The minimum absolute atomic E-state index is 0.0220. The first-order valence-corrected chi connectivity index (χ1v) is 21.9. The van der Waals surface area contributed by atoms with E-state index in [1.807, 2.05) is 47.3 Å². The summed E-state index contributed by atoms with van der Waals surface area (Å²) in [5, 5.41) is 153. The van der Waals surface area contributed by atoms with Gasteiger partial charge in [-0.15, -0.1) is 0 Å². The molecule has 20 heteroatoms. The maximum absolute atomic E-state index is 9.86. The van der Waals surface area contributed by atoms with Crippen LogP contribution >= 0.6 is 0 Å². The minimum atomic E-state index is -0.873. The van der Waals surface area contributed by atoms with E-state index in [1.54, 1.807) is 0 Å². The zero-order chi connectivity index (χ0) is 44.7. The topological polar surface area (TPSA) is 337 Å². The summed E-state index contributed by atoms with van der Waals surface area (Å²) in [6, 6.07) is -1.14. The molecule has 0 bridgehead atoms. The number of aliphatic hydroxyl groups excluding tert-OH is 16. The van der Waals surface area contributed by atoms with Crippen molar-refractivity contribution in [1.29, 1.82) is 0 Å². The lowest BCUT2D eigenvalue weighted by molar-refractivity contribution is -0.0715. The van der Waals surface area contributed by atoms with Crippen molar-refractivity contribution in [2.45, 2.75) is 175 Å². The standard InChI is InChI=1S/4C10H19NO4/c4*1-5-6(4-12)2-7(13)9-10(15)8(14)3-11(5)9/h4*5-10,12-15H,2-4H2,1H3/t2*5?,6?,7?,8-,9+,10?;5-,6+,7+,8+,9+,10+;5-,6+,7-,8-,9-,10-/m0001/s1. The van der Waals surface area contributed by atoms with Crippen molar-refractivity contribution < 1.29 is 81.7 Å². The molecule has 0 aromatic rings. The molecule has 8 heterocycles. The molecule has 8 aliphatic rings. The zero-order valence-electron chi connectivity index (χ0n) is 35.3. The minimum Gasteiger partial charge on any atom is -0.396 e. The van der Waals surface area contributed by atoms with Crippen LogP contribution in [0, 0.1) is 23.7 Å². The third kappa shape index (κ3) is 9.88. The Kier molecular flexibility index (Phi) is 17.6. The van der Waals surface area contributed by atoms with Crippen molar-refractivity contribution >= 4 is 0 Å². The fraction of sp³-hybridized carbons (Fsp3) is 1.00. The largest absolute Gasteiger partial charge is 0.396 e. The highest BCUT2D eigenvalue weighted by atomic mass is 16.4. The van der Waals surface area contributed by atoms with E-state index >= 15 is 0 Å². The molecule has 16 N–H and O–H groups in total. The smallest absolute Gasteiger partial charge is 0.0991 e. The molecule has 352 valence electrons.